The SMILES string of the molecule is C/C(=N/Nc1ccc([N+](=O)[O-])cc1[N+](=O)[O-])c1ccc(N(C)C)cc1. The molecule has 0 aliphatic carbocycles. The third-order valence-corrected chi connectivity index (χ3v) is 3.53. The molecule has 2 aromatic rings. The van der Waals surface area contributed by atoms with E-state index in [9.17, 15) is 20.2 Å². The Hall–Kier alpha value is -3.49. The minimum absolute atomic E-state index is 0.0832. The minimum atomic E-state index is -0.688. The van der Waals surface area contributed by atoms with Gasteiger partial charge in [0, 0.05) is 25.8 Å². The Bertz CT molecular complexity index is 831. The van der Waals surface area contributed by atoms with Gasteiger partial charge in [-0.15, -0.1) is 0 Å². The van der Waals surface area contributed by atoms with E-state index in [0.29, 0.717) is 5.71 Å². The third kappa shape index (κ3) is 4.28. The second-order valence-corrected chi connectivity index (χ2v) is 5.47. The van der Waals surface area contributed by atoms with E-state index in [0.717, 1.165) is 17.3 Å². The Balaban J connectivity index is 2.25. The summed E-state index contributed by atoms with van der Waals surface area (Å²) in [5.41, 5.74) is 4.44. The fourth-order valence-electron chi connectivity index (χ4n) is 2.09. The van der Waals surface area contributed by atoms with Crippen molar-refractivity contribution >= 4 is 28.5 Å². The summed E-state index contributed by atoms with van der Waals surface area (Å²) in [6, 6.07) is 11.0. The summed E-state index contributed by atoms with van der Waals surface area (Å²) in [7, 11) is 3.87. The number of rotatable bonds is 6. The molecule has 1 N–H and O–H groups in total. The summed E-state index contributed by atoms with van der Waals surface area (Å²) in [5.74, 6) is 0. The van der Waals surface area contributed by atoms with Gasteiger partial charge < -0.3 is 4.90 Å². The van der Waals surface area contributed by atoms with E-state index in [4.69, 9.17) is 0 Å². The van der Waals surface area contributed by atoms with Gasteiger partial charge in [-0.3, -0.25) is 25.7 Å². The van der Waals surface area contributed by atoms with E-state index in [2.05, 4.69) is 10.5 Å². The number of hydrazone groups is 1. The van der Waals surface area contributed by atoms with Gasteiger partial charge in [-0.1, -0.05) is 12.1 Å². The minimum Gasteiger partial charge on any atom is -0.378 e. The molecule has 0 aliphatic rings. The Morgan fingerprint density at radius 1 is 1.04 bits per heavy atom. The number of nitro benzene ring substituents is 2. The smallest absolute Gasteiger partial charge is 0.301 e. The largest absolute Gasteiger partial charge is 0.378 e. The van der Waals surface area contributed by atoms with Crippen molar-refractivity contribution in [3.63, 3.8) is 0 Å². The van der Waals surface area contributed by atoms with Gasteiger partial charge in [0.2, 0.25) is 0 Å². The van der Waals surface area contributed by atoms with Crippen LogP contribution in [-0.4, -0.2) is 29.7 Å². The monoisotopic (exact) mass is 343 g/mol. The van der Waals surface area contributed by atoms with Crippen LogP contribution in [0.4, 0.5) is 22.7 Å². The molecule has 0 radical (unpaired) electrons. The lowest BCUT2D eigenvalue weighted by Crippen LogP contribution is -2.08. The molecule has 0 aliphatic heterocycles. The van der Waals surface area contributed by atoms with Gasteiger partial charge >= 0.3 is 5.69 Å². The first-order valence-electron chi connectivity index (χ1n) is 7.30. The summed E-state index contributed by atoms with van der Waals surface area (Å²) >= 11 is 0. The molecule has 2 rings (SSSR count). The molecule has 0 amide bonds. The van der Waals surface area contributed by atoms with Crippen LogP contribution in [0.25, 0.3) is 0 Å². The summed E-state index contributed by atoms with van der Waals surface area (Å²) in [6.45, 7) is 1.76. The Kier molecular flexibility index (Phi) is 5.28. The molecule has 9 heteroatoms. The first-order valence-corrected chi connectivity index (χ1v) is 7.30. The lowest BCUT2D eigenvalue weighted by Gasteiger charge is -2.12. The third-order valence-electron chi connectivity index (χ3n) is 3.53. The average Bonchev–Trinajstić information content (AvgIpc) is 2.59. The Labute approximate surface area is 143 Å². The van der Waals surface area contributed by atoms with Gasteiger partial charge in [-0.25, -0.2) is 0 Å². The molecule has 130 valence electrons. The van der Waals surface area contributed by atoms with Gasteiger partial charge in [-0.2, -0.15) is 5.10 Å². The summed E-state index contributed by atoms with van der Waals surface area (Å²) in [5, 5.41) is 26.0. The zero-order chi connectivity index (χ0) is 18.6. The van der Waals surface area contributed by atoms with Gasteiger partial charge in [0.25, 0.3) is 5.69 Å². The highest BCUT2D eigenvalue weighted by molar-refractivity contribution is 5.99. The predicted octanol–water partition coefficient (Wildman–Crippen LogP) is 3.41. The van der Waals surface area contributed by atoms with Crippen molar-refractivity contribution in [2.75, 3.05) is 24.4 Å². The van der Waals surface area contributed by atoms with Crippen LogP contribution in [0, 0.1) is 20.2 Å². The lowest BCUT2D eigenvalue weighted by molar-refractivity contribution is -0.393. The number of hydrogen-bond donors (Lipinski definition) is 1. The van der Waals surface area contributed by atoms with E-state index in [1.807, 2.05) is 43.3 Å². The van der Waals surface area contributed by atoms with E-state index in [-0.39, 0.29) is 11.4 Å². The molecule has 0 saturated heterocycles. The van der Waals surface area contributed by atoms with Gasteiger partial charge in [0.1, 0.15) is 5.69 Å². The zero-order valence-electron chi connectivity index (χ0n) is 14.0. The summed E-state index contributed by atoms with van der Waals surface area (Å²) < 4.78 is 0. The second kappa shape index (κ2) is 7.39. The molecule has 0 unspecified atom stereocenters. The molecule has 0 bridgehead atoms. The first-order chi connectivity index (χ1) is 11.8. The maximum Gasteiger partial charge on any atom is 0.301 e. The summed E-state index contributed by atoms with van der Waals surface area (Å²) in [6.07, 6.45) is 0. The average molecular weight is 343 g/mol. The van der Waals surface area contributed by atoms with E-state index < -0.39 is 15.5 Å². The quantitative estimate of drug-likeness (QED) is 0.488. The number of benzene rings is 2. The topological polar surface area (TPSA) is 114 Å². The molecule has 0 spiro atoms. The maximum atomic E-state index is 11.1. The fourth-order valence-corrected chi connectivity index (χ4v) is 2.09. The first kappa shape index (κ1) is 17.9. The van der Waals surface area contributed by atoms with E-state index >= 15 is 0 Å². The van der Waals surface area contributed by atoms with Crippen molar-refractivity contribution in [3.05, 3.63) is 68.3 Å². The number of hydrogen-bond acceptors (Lipinski definition) is 7. The molecule has 0 heterocycles. The van der Waals surface area contributed by atoms with Crippen molar-refractivity contribution in [1.82, 2.24) is 0 Å². The highest BCUT2D eigenvalue weighted by Gasteiger charge is 2.19. The fraction of sp³-hybridized carbons (Fsp3) is 0.188. The number of nitrogens with zero attached hydrogens (tertiary/aromatic N) is 4. The van der Waals surface area contributed by atoms with Crippen molar-refractivity contribution in [3.8, 4) is 0 Å². The standard InChI is InChI=1S/C16H17N5O4/c1-11(12-4-6-13(7-5-12)19(2)3)17-18-15-9-8-14(20(22)23)10-16(15)21(24)25/h4-10,18H,1-3H3/b17-11-. The van der Waals surface area contributed by atoms with Crippen LogP contribution in [0.3, 0.4) is 0 Å². The van der Waals surface area contributed by atoms with Crippen LogP contribution in [0.2, 0.25) is 0 Å². The van der Waals surface area contributed by atoms with Crippen LogP contribution < -0.4 is 10.3 Å². The molecule has 25 heavy (non-hydrogen) atoms. The van der Waals surface area contributed by atoms with E-state index in [1.165, 1.54) is 12.1 Å². The van der Waals surface area contributed by atoms with Crippen LogP contribution in [0.15, 0.2) is 47.6 Å². The number of nitrogens with one attached hydrogen (secondary N) is 1. The highest BCUT2D eigenvalue weighted by Crippen LogP contribution is 2.29. The van der Waals surface area contributed by atoms with Gasteiger partial charge in [-0.05, 0) is 30.7 Å². The second-order valence-electron chi connectivity index (χ2n) is 5.47. The molecular weight excluding hydrogens is 326 g/mol. The number of non-ortho nitro benzene ring substituents is 1. The molecule has 2 aromatic carbocycles. The van der Waals surface area contributed by atoms with Crippen LogP contribution in [0.1, 0.15) is 12.5 Å². The van der Waals surface area contributed by atoms with Crippen LogP contribution >= 0.6 is 0 Å². The molecule has 0 atom stereocenters. The Morgan fingerprint density at radius 3 is 2.20 bits per heavy atom. The molecule has 0 aromatic heterocycles. The maximum absolute atomic E-state index is 11.1. The zero-order valence-corrected chi connectivity index (χ0v) is 14.0. The normalized spacial score (nSPS) is 11.1. The summed E-state index contributed by atoms with van der Waals surface area (Å²) in [4.78, 5) is 22.4. The predicted molar refractivity (Wildman–Crippen MR) is 96.4 cm³/mol. The number of nitro groups is 2. The van der Waals surface area contributed by atoms with Crippen LogP contribution in [0.5, 0.6) is 0 Å². The van der Waals surface area contributed by atoms with Crippen LogP contribution in [-0.2, 0) is 0 Å². The molecular formula is C16H17N5O4. The Morgan fingerprint density at radius 2 is 1.68 bits per heavy atom. The van der Waals surface area contributed by atoms with Crippen molar-refractivity contribution in [2.24, 2.45) is 5.10 Å². The molecule has 9 nitrogen and oxygen atoms in total. The molecule has 0 fully saturated rings. The van der Waals surface area contributed by atoms with Gasteiger partial charge in [0.05, 0.1) is 21.6 Å². The van der Waals surface area contributed by atoms with Crippen molar-refractivity contribution in [2.45, 2.75) is 6.92 Å². The van der Waals surface area contributed by atoms with Crippen molar-refractivity contribution < 1.29 is 9.85 Å². The molecule has 0 saturated carbocycles. The van der Waals surface area contributed by atoms with Gasteiger partial charge in [0.15, 0.2) is 0 Å². The number of anilines is 2. The van der Waals surface area contributed by atoms with E-state index in [1.54, 1.807) is 6.92 Å². The highest BCUT2D eigenvalue weighted by atomic mass is 16.6. The lowest BCUT2D eigenvalue weighted by atomic mass is 10.1. The van der Waals surface area contributed by atoms with Crippen molar-refractivity contribution in [1.29, 1.82) is 0 Å².